The van der Waals surface area contributed by atoms with Crippen LogP contribution in [0.3, 0.4) is 0 Å². The van der Waals surface area contributed by atoms with Crippen LogP contribution in [0, 0.1) is 6.92 Å². The summed E-state index contributed by atoms with van der Waals surface area (Å²) in [6.07, 6.45) is 2.60. The van der Waals surface area contributed by atoms with Crippen molar-refractivity contribution in [2.24, 2.45) is 0 Å². The van der Waals surface area contributed by atoms with E-state index in [1.807, 2.05) is 75.4 Å². The first-order valence-electron chi connectivity index (χ1n) is 13.9. The molecule has 220 valence electrons. The number of carbonyl (C=O) groups is 2. The minimum absolute atomic E-state index is 0.0438. The van der Waals surface area contributed by atoms with Crippen molar-refractivity contribution in [3.8, 4) is 0 Å². The molecule has 1 N–H and O–H groups in total. The lowest BCUT2D eigenvalue weighted by molar-refractivity contribution is -0.141. The number of hydrogen-bond acceptors (Lipinski definition) is 4. The molecule has 0 fully saturated rings. The third-order valence-corrected chi connectivity index (χ3v) is 8.39. The van der Waals surface area contributed by atoms with E-state index in [1.54, 1.807) is 29.2 Å². The van der Waals surface area contributed by atoms with Gasteiger partial charge in [-0.15, -0.1) is 0 Å². The molecule has 41 heavy (non-hydrogen) atoms. The van der Waals surface area contributed by atoms with Crippen LogP contribution in [-0.4, -0.2) is 50.0 Å². The summed E-state index contributed by atoms with van der Waals surface area (Å²) in [6, 6.07) is 23.4. The summed E-state index contributed by atoms with van der Waals surface area (Å²) in [7, 11) is -3.61. The molecular weight excluding hydrogens is 558 g/mol. The molecule has 0 saturated heterocycles. The summed E-state index contributed by atoms with van der Waals surface area (Å²) in [4.78, 5) is 29.2. The molecular formula is C32H40ClN3O4S. The first-order valence-corrected chi connectivity index (χ1v) is 16.1. The smallest absolute Gasteiger partial charge is 0.243 e. The van der Waals surface area contributed by atoms with Crippen molar-refractivity contribution in [2.45, 2.75) is 65.1 Å². The Bertz CT molecular complexity index is 1420. The Kier molecular flexibility index (Phi) is 11.8. The van der Waals surface area contributed by atoms with Gasteiger partial charge in [0.1, 0.15) is 6.04 Å². The molecule has 2 atom stereocenters. The minimum Gasteiger partial charge on any atom is -0.352 e. The van der Waals surface area contributed by atoms with Crippen LogP contribution in [0.15, 0.2) is 78.9 Å². The van der Waals surface area contributed by atoms with Crippen LogP contribution >= 0.6 is 11.6 Å². The van der Waals surface area contributed by atoms with Gasteiger partial charge < -0.3 is 10.2 Å². The molecule has 0 bridgehead atoms. The van der Waals surface area contributed by atoms with E-state index in [1.165, 1.54) is 4.31 Å². The van der Waals surface area contributed by atoms with Gasteiger partial charge in [0.05, 0.1) is 11.9 Å². The number of halogens is 1. The van der Waals surface area contributed by atoms with Crippen molar-refractivity contribution in [3.05, 3.63) is 101 Å². The average Bonchev–Trinajstić information content (AvgIpc) is 2.92. The summed E-state index contributed by atoms with van der Waals surface area (Å²) in [6.45, 7) is 6.30. The van der Waals surface area contributed by atoms with E-state index < -0.39 is 16.1 Å². The van der Waals surface area contributed by atoms with Crippen LogP contribution in [0.5, 0.6) is 0 Å². The van der Waals surface area contributed by atoms with E-state index in [-0.39, 0.29) is 43.8 Å². The van der Waals surface area contributed by atoms with Crippen LogP contribution in [-0.2, 0) is 32.6 Å². The minimum atomic E-state index is -3.61. The van der Waals surface area contributed by atoms with E-state index in [0.29, 0.717) is 17.1 Å². The summed E-state index contributed by atoms with van der Waals surface area (Å²) in [5, 5.41) is 3.49. The third kappa shape index (κ3) is 9.90. The van der Waals surface area contributed by atoms with Crippen LogP contribution in [0.4, 0.5) is 5.69 Å². The molecule has 9 heteroatoms. The number of benzene rings is 3. The number of sulfonamides is 1. The van der Waals surface area contributed by atoms with Crippen molar-refractivity contribution < 1.29 is 18.0 Å². The molecule has 0 heterocycles. The number of amides is 2. The average molecular weight is 598 g/mol. The second-order valence-electron chi connectivity index (χ2n) is 10.5. The van der Waals surface area contributed by atoms with E-state index in [9.17, 15) is 18.0 Å². The Morgan fingerprint density at radius 2 is 1.63 bits per heavy atom. The Balaban J connectivity index is 1.89. The fourth-order valence-corrected chi connectivity index (χ4v) is 5.78. The van der Waals surface area contributed by atoms with Crippen molar-refractivity contribution in [1.82, 2.24) is 10.2 Å². The molecule has 0 aliphatic carbocycles. The predicted molar refractivity (Wildman–Crippen MR) is 166 cm³/mol. The summed E-state index contributed by atoms with van der Waals surface area (Å²) in [5.41, 5.74) is 3.37. The normalized spacial score (nSPS) is 12.8. The van der Waals surface area contributed by atoms with Crippen LogP contribution in [0.1, 0.15) is 49.8 Å². The fourth-order valence-electron chi connectivity index (χ4n) is 4.64. The number of nitrogens with one attached hydrogen (secondary N) is 1. The Labute approximate surface area is 249 Å². The molecule has 3 rings (SSSR count). The largest absolute Gasteiger partial charge is 0.352 e. The standard InChI is InChI=1S/C32H40ClN3O4S/c1-5-25(3)34-32(38)30(21-26-13-7-6-8-14-26)35(23-27-15-9-12-24(2)20-27)31(37)18-11-19-36(41(4,39)40)29-17-10-16-28(33)22-29/h6-10,12-17,20,22,25,30H,5,11,18-19,21,23H2,1-4H3,(H,34,38)/t25-,30-/m0/s1. The maximum Gasteiger partial charge on any atom is 0.243 e. The van der Waals surface area contributed by atoms with Crippen molar-refractivity contribution in [1.29, 1.82) is 0 Å². The highest BCUT2D eigenvalue weighted by Crippen LogP contribution is 2.23. The molecule has 2 amide bonds. The first kappa shape index (κ1) is 32.2. The van der Waals surface area contributed by atoms with E-state index in [4.69, 9.17) is 11.6 Å². The number of hydrogen-bond donors (Lipinski definition) is 1. The van der Waals surface area contributed by atoms with E-state index in [2.05, 4.69) is 5.32 Å². The van der Waals surface area contributed by atoms with Crippen LogP contribution in [0.25, 0.3) is 0 Å². The molecule has 3 aromatic carbocycles. The Hall–Kier alpha value is -3.36. The summed E-state index contributed by atoms with van der Waals surface area (Å²) < 4.78 is 26.4. The molecule has 0 aromatic heterocycles. The lowest BCUT2D eigenvalue weighted by atomic mass is 10.0. The number of carbonyl (C=O) groups excluding carboxylic acids is 2. The molecule has 0 radical (unpaired) electrons. The highest BCUT2D eigenvalue weighted by atomic mass is 35.5. The highest BCUT2D eigenvalue weighted by Gasteiger charge is 2.31. The van der Waals surface area contributed by atoms with Crippen molar-refractivity contribution >= 4 is 39.1 Å². The lowest BCUT2D eigenvalue weighted by Gasteiger charge is -2.33. The van der Waals surface area contributed by atoms with Crippen molar-refractivity contribution in [3.63, 3.8) is 0 Å². The van der Waals surface area contributed by atoms with Gasteiger partial charge in [-0.2, -0.15) is 0 Å². The fraction of sp³-hybridized carbons (Fsp3) is 0.375. The molecule has 3 aromatic rings. The highest BCUT2D eigenvalue weighted by molar-refractivity contribution is 7.92. The van der Waals surface area contributed by atoms with Gasteiger partial charge in [-0.05, 0) is 56.0 Å². The zero-order chi connectivity index (χ0) is 30.0. The maximum absolute atomic E-state index is 13.9. The third-order valence-electron chi connectivity index (χ3n) is 6.96. The topological polar surface area (TPSA) is 86.8 Å². The molecule has 0 aliphatic rings. The second kappa shape index (κ2) is 15.0. The lowest BCUT2D eigenvalue weighted by Crippen LogP contribution is -2.52. The monoisotopic (exact) mass is 597 g/mol. The second-order valence-corrected chi connectivity index (χ2v) is 12.8. The summed E-state index contributed by atoms with van der Waals surface area (Å²) in [5.74, 6) is -0.424. The van der Waals surface area contributed by atoms with Gasteiger partial charge in [-0.25, -0.2) is 8.42 Å². The SMILES string of the molecule is CC[C@H](C)NC(=O)[C@H](Cc1ccccc1)N(Cc1cccc(C)c1)C(=O)CCCN(c1cccc(Cl)c1)S(C)(=O)=O. The zero-order valence-electron chi connectivity index (χ0n) is 24.2. The summed E-state index contributed by atoms with van der Waals surface area (Å²) >= 11 is 6.11. The maximum atomic E-state index is 13.9. The quantitative estimate of drug-likeness (QED) is 0.256. The van der Waals surface area contributed by atoms with Gasteiger partial charge in [0.15, 0.2) is 0 Å². The molecule has 0 unspecified atom stereocenters. The van der Waals surface area contributed by atoms with E-state index in [0.717, 1.165) is 29.4 Å². The van der Waals surface area contributed by atoms with Gasteiger partial charge in [0.2, 0.25) is 21.8 Å². The molecule has 0 saturated carbocycles. The first-order chi connectivity index (χ1) is 19.5. The van der Waals surface area contributed by atoms with Crippen LogP contribution in [0.2, 0.25) is 5.02 Å². The predicted octanol–water partition coefficient (Wildman–Crippen LogP) is 5.75. The Morgan fingerprint density at radius 3 is 2.27 bits per heavy atom. The number of aryl methyl sites for hydroxylation is 1. The molecule has 0 spiro atoms. The Morgan fingerprint density at radius 1 is 0.951 bits per heavy atom. The molecule has 0 aliphatic heterocycles. The number of rotatable bonds is 14. The zero-order valence-corrected chi connectivity index (χ0v) is 25.8. The number of nitrogens with zero attached hydrogens (tertiary/aromatic N) is 2. The van der Waals surface area contributed by atoms with Gasteiger partial charge >= 0.3 is 0 Å². The van der Waals surface area contributed by atoms with Crippen molar-refractivity contribution in [2.75, 3.05) is 17.1 Å². The number of anilines is 1. The van der Waals surface area contributed by atoms with Gasteiger partial charge in [0, 0.05) is 37.0 Å². The van der Waals surface area contributed by atoms with Gasteiger partial charge in [0.25, 0.3) is 0 Å². The van der Waals surface area contributed by atoms with Gasteiger partial charge in [-0.3, -0.25) is 13.9 Å². The molecule has 7 nitrogen and oxygen atoms in total. The van der Waals surface area contributed by atoms with E-state index >= 15 is 0 Å². The van der Waals surface area contributed by atoms with Gasteiger partial charge in [-0.1, -0.05) is 84.8 Å². The van der Waals surface area contributed by atoms with Crippen LogP contribution < -0.4 is 9.62 Å².